The number of aromatic nitrogens is 1. The molecule has 120 valence electrons. The maximum absolute atomic E-state index is 11.8. The standard InChI is InChI=1S/C15H20N2O5/c1-15(2,3)22-14(20)17-7-10(8-17)9-21-11-4-5-12(13(18)19)16-6-11/h4-6,10H,7-9H2,1-3H3,(H,18,19). The normalized spacial score (nSPS) is 15.1. The van der Waals surface area contributed by atoms with Gasteiger partial charge < -0.3 is 19.5 Å². The Kier molecular flexibility index (Phi) is 4.54. The molecule has 0 aromatic carbocycles. The van der Waals surface area contributed by atoms with Crippen molar-refractivity contribution in [3.05, 3.63) is 24.0 Å². The fraction of sp³-hybridized carbons (Fsp3) is 0.533. The molecule has 7 heteroatoms. The smallest absolute Gasteiger partial charge is 0.410 e. The van der Waals surface area contributed by atoms with Gasteiger partial charge >= 0.3 is 12.1 Å². The van der Waals surface area contributed by atoms with Crippen LogP contribution in [0.5, 0.6) is 5.75 Å². The molecule has 0 bridgehead atoms. The highest BCUT2D eigenvalue weighted by Crippen LogP contribution is 2.20. The van der Waals surface area contributed by atoms with Crippen molar-refractivity contribution in [2.45, 2.75) is 26.4 Å². The van der Waals surface area contributed by atoms with E-state index in [9.17, 15) is 9.59 Å². The summed E-state index contributed by atoms with van der Waals surface area (Å²) in [5.41, 5.74) is -0.511. The Labute approximate surface area is 128 Å². The van der Waals surface area contributed by atoms with E-state index in [0.29, 0.717) is 25.4 Å². The zero-order valence-corrected chi connectivity index (χ0v) is 12.9. The van der Waals surface area contributed by atoms with Crippen LogP contribution in [0.2, 0.25) is 0 Å². The number of carbonyl (C=O) groups excluding carboxylic acids is 1. The number of aromatic carboxylic acids is 1. The van der Waals surface area contributed by atoms with Gasteiger partial charge in [-0.05, 0) is 32.9 Å². The van der Waals surface area contributed by atoms with Crippen LogP contribution < -0.4 is 4.74 Å². The Morgan fingerprint density at radius 2 is 2.05 bits per heavy atom. The molecule has 1 N–H and O–H groups in total. The Morgan fingerprint density at radius 3 is 2.55 bits per heavy atom. The first-order chi connectivity index (χ1) is 10.2. The van der Waals surface area contributed by atoms with Gasteiger partial charge in [-0.3, -0.25) is 0 Å². The predicted octanol–water partition coefficient (Wildman–Crippen LogP) is 2.03. The highest BCUT2D eigenvalue weighted by atomic mass is 16.6. The van der Waals surface area contributed by atoms with Crippen molar-refractivity contribution in [3.8, 4) is 5.75 Å². The van der Waals surface area contributed by atoms with Crippen molar-refractivity contribution >= 4 is 12.1 Å². The summed E-state index contributed by atoms with van der Waals surface area (Å²) in [6, 6.07) is 2.96. The van der Waals surface area contributed by atoms with Crippen LogP contribution in [0.4, 0.5) is 4.79 Å². The van der Waals surface area contributed by atoms with Crippen LogP contribution in [-0.4, -0.2) is 52.4 Å². The van der Waals surface area contributed by atoms with E-state index in [1.165, 1.54) is 12.3 Å². The number of carboxylic acids is 1. The third-order valence-corrected chi connectivity index (χ3v) is 3.05. The first-order valence-corrected chi connectivity index (χ1v) is 7.04. The third-order valence-electron chi connectivity index (χ3n) is 3.05. The second-order valence-electron chi connectivity index (χ2n) is 6.25. The maximum Gasteiger partial charge on any atom is 0.410 e. The number of rotatable bonds is 4. The molecular weight excluding hydrogens is 288 g/mol. The van der Waals surface area contributed by atoms with Crippen LogP contribution in [0.15, 0.2) is 18.3 Å². The lowest BCUT2D eigenvalue weighted by Crippen LogP contribution is -2.53. The summed E-state index contributed by atoms with van der Waals surface area (Å²) in [5, 5.41) is 8.75. The second-order valence-corrected chi connectivity index (χ2v) is 6.25. The van der Waals surface area contributed by atoms with Gasteiger partial charge in [0.25, 0.3) is 0 Å². The van der Waals surface area contributed by atoms with Crippen molar-refractivity contribution in [1.29, 1.82) is 0 Å². The average molecular weight is 308 g/mol. The van der Waals surface area contributed by atoms with E-state index in [1.807, 2.05) is 20.8 Å². The van der Waals surface area contributed by atoms with Crippen molar-refractivity contribution in [3.63, 3.8) is 0 Å². The lowest BCUT2D eigenvalue weighted by Gasteiger charge is -2.39. The van der Waals surface area contributed by atoms with Crippen molar-refractivity contribution in [1.82, 2.24) is 9.88 Å². The van der Waals surface area contributed by atoms with E-state index in [2.05, 4.69) is 4.98 Å². The molecule has 0 aliphatic carbocycles. The summed E-state index contributed by atoms with van der Waals surface area (Å²) in [4.78, 5) is 27.8. The van der Waals surface area contributed by atoms with Crippen LogP contribution in [0.1, 0.15) is 31.3 Å². The van der Waals surface area contributed by atoms with Crippen LogP contribution in [0.3, 0.4) is 0 Å². The molecule has 1 aliphatic rings. The molecule has 1 fully saturated rings. The lowest BCUT2D eigenvalue weighted by molar-refractivity contribution is -0.00783. The molecule has 0 atom stereocenters. The number of nitrogens with zero attached hydrogens (tertiary/aromatic N) is 2. The van der Waals surface area contributed by atoms with E-state index in [-0.39, 0.29) is 17.7 Å². The number of carboxylic acid groups (broad SMARTS) is 1. The molecule has 1 aromatic heterocycles. The third kappa shape index (κ3) is 4.34. The molecule has 2 heterocycles. The molecule has 2 rings (SSSR count). The molecule has 1 saturated heterocycles. The number of hydrogen-bond acceptors (Lipinski definition) is 5. The molecule has 0 unspecified atom stereocenters. The number of hydrogen-bond donors (Lipinski definition) is 1. The molecule has 0 radical (unpaired) electrons. The van der Waals surface area contributed by atoms with E-state index in [0.717, 1.165) is 0 Å². The van der Waals surface area contributed by atoms with Gasteiger partial charge in [0.15, 0.2) is 0 Å². The van der Waals surface area contributed by atoms with Gasteiger partial charge in [-0.15, -0.1) is 0 Å². The maximum atomic E-state index is 11.8. The van der Waals surface area contributed by atoms with Gasteiger partial charge in [-0.1, -0.05) is 0 Å². The highest BCUT2D eigenvalue weighted by molar-refractivity contribution is 5.85. The van der Waals surface area contributed by atoms with Crippen LogP contribution in [-0.2, 0) is 4.74 Å². The van der Waals surface area contributed by atoms with E-state index >= 15 is 0 Å². The SMILES string of the molecule is CC(C)(C)OC(=O)N1CC(COc2ccc(C(=O)O)nc2)C1. The number of ether oxygens (including phenoxy) is 2. The van der Waals surface area contributed by atoms with E-state index in [4.69, 9.17) is 14.6 Å². The van der Waals surface area contributed by atoms with Gasteiger partial charge in [-0.25, -0.2) is 14.6 Å². The van der Waals surface area contributed by atoms with E-state index in [1.54, 1.807) is 11.0 Å². The summed E-state index contributed by atoms with van der Waals surface area (Å²) in [5.74, 6) is -0.314. The summed E-state index contributed by atoms with van der Waals surface area (Å²) in [7, 11) is 0. The van der Waals surface area contributed by atoms with Crippen LogP contribution in [0.25, 0.3) is 0 Å². The summed E-state index contributed by atoms with van der Waals surface area (Å²) < 4.78 is 10.8. The Hall–Kier alpha value is -2.31. The zero-order valence-electron chi connectivity index (χ0n) is 12.9. The lowest BCUT2D eigenvalue weighted by atomic mass is 10.0. The topological polar surface area (TPSA) is 89.0 Å². The molecule has 1 amide bonds. The number of pyridine rings is 1. The fourth-order valence-electron chi connectivity index (χ4n) is 1.96. The van der Waals surface area contributed by atoms with Gasteiger partial charge in [0.1, 0.15) is 17.0 Å². The van der Waals surface area contributed by atoms with Crippen molar-refractivity contribution in [2.75, 3.05) is 19.7 Å². The minimum absolute atomic E-state index is 0.0212. The number of carbonyl (C=O) groups is 2. The first-order valence-electron chi connectivity index (χ1n) is 7.04. The van der Waals surface area contributed by atoms with Crippen LogP contribution >= 0.6 is 0 Å². The summed E-state index contributed by atoms with van der Waals surface area (Å²) in [6.07, 6.45) is 1.07. The fourth-order valence-corrected chi connectivity index (χ4v) is 1.96. The molecule has 22 heavy (non-hydrogen) atoms. The van der Waals surface area contributed by atoms with Gasteiger partial charge in [-0.2, -0.15) is 0 Å². The van der Waals surface area contributed by atoms with Gasteiger partial charge in [0, 0.05) is 19.0 Å². The molecule has 1 aromatic rings. The number of likely N-dealkylation sites (tertiary alicyclic amines) is 1. The Balaban J connectivity index is 1.72. The first kappa shape index (κ1) is 16.1. The quantitative estimate of drug-likeness (QED) is 0.915. The average Bonchev–Trinajstić information content (AvgIpc) is 2.35. The van der Waals surface area contributed by atoms with Crippen molar-refractivity contribution < 1.29 is 24.2 Å². The zero-order chi connectivity index (χ0) is 16.3. The number of amides is 1. The minimum atomic E-state index is -1.07. The minimum Gasteiger partial charge on any atom is -0.492 e. The largest absolute Gasteiger partial charge is 0.492 e. The Bertz CT molecular complexity index is 544. The second kappa shape index (κ2) is 6.21. The monoisotopic (exact) mass is 308 g/mol. The van der Waals surface area contributed by atoms with Gasteiger partial charge in [0.2, 0.25) is 0 Å². The molecular formula is C15H20N2O5. The molecule has 0 saturated carbocycles. The summed E-state index contributed by atoms with van der Waals surface area (Å²) >= 11 is 0. The highest BCUT2D eigenvalue weighted by Gasteiger charge is 2.34. The van der Waals surface area contributed by atoms with Crippen molar-refractivity contribution in [2.24, 2.45) is 5.92 Å². The Morgan fingerprint density at radius 1 is 1.36 bits per heavy atom. The van der Waals surface area contributed by atoms with Crippen LogP contribution in [0, 0.1) is 5.92 Å². The summed E-state index contributed by atoms with van der Waals surface area (Å²) in [6.45, 7) is 7.13. The van der Waals surface area contributed by atoms with E-state index < -0.39 is 11.6 Å². The molecule has 1 aliphatic heterocycles. The predicted molar refractivity (Wildman–Crippen MR) is 78.0 cm³/mol. The molecule has 7 nitrogen and oxygen atoms in total. The van der Waals surface area contributed by atoms with Gasteiger partial charge in [0.05, 0.1) is 12.8 Å². The molecule has 0 spiro atoms.